The Balaban J connectivity index is 0.00000125. The number of para-hydroxylation sites is 5. The Bertz CT molecular complexity index is 2290. The van der Waals surface area contributed by atoms with Gasteiger partial charge in [-0.05, 0) is 42.5 Å². The Kier molecular flexibility index (Phi) is 5.26. The van der Waals surface area contributed by atoms with Crippen LogP contribution in [0.5, 0.6) is 0 Å². The Hall–Kier alpha value is -5.28. The highest BCUT2D eigenvalue weighted by Gasteiger charge is 2.20. The van der Waals surface area contributed by atoms with Gasteiger partial charge in [-0.2, -0.15) is 0 Å². The van der Waals surface area contributed by atoms with Crippen molar-refractivity contribution in [1.29, 1.82) is 0 Å². The Labute approximate surface area is 237 Å². The average Bonchev–Trinajstić information content (AvgIpc) is 3.70. The normalized spacial score (nSPS) is 11.7. The van der Waals surface area contributed by atoms with E-state index in [4.69, 9.17) is 4.42 Å². The first-order valence-electron chi connectivity index (χ1n) is 14.3. The molecule has 6 aromatic carbocycles. The number of fused-ring (bicyclic) bond motifs is 9. The van der Waals surface area contributed by atoms with Gasteiger partial charge in [0.1, 0.15) is 5.58 Å². The lowest BCUT2D eigenvalue weighted by molar-refractivity contribution is 0.666. The Morgan fingerprint density at radius 3 is 1.34 bits per heavy atom. The second-order valence-electron chi connectivity index (χ2n) is 10.2. The molecule has 0 aliphatic rings. The summed E-state index contributed by atoms with van der Waals surface area (Å²) in [4.78, 5) is 0. The highest BCUT2D eigenvalue weighted by Crippen LogP contribution is 2.41. The summed E-state index contributed by atoms with van der Waals surface area (Å²) in [5, 5.41) is 7.21. The SMILES string of the molecule is CC.c1ccc2c(c1)oc1c(-n3c4ccccc4c4ccccc43)cc(-n3c4ccccc4c4ccccc43)cc12. The van der Waals surface area contributed by atoms with Crippen molar-refractivity contribution in [2.45, 2.75) is 13.8 Å². The zero-order chi connectivity index (χ0) is 27.5. The van der Waals surface area contributed by atoms with Crippen LogP contribution < -0.4 is 0 Å². The first-order chi connectivity index (χ1) is 20.4. The quantitative estimate of drug-likeness (QED) is 0.219. The van der Waals surface area contributed by atoms with E-state index < -0.39 is 0 Å². The largest absolute Gasteiger partial charge is 0.454 e. The molecule has 41 heavy (non-hydrogen) atoms. The molecule has 0 saturated heterocycles. The summed E-state index contributed by atoms with van der Waals surface area (Å²) in [6.45, 7) is 4.00. The molecular weight excluding hydrogens is 500 g/mol. The summed E-state index contributed by atoms with van der Waals surface area (Å²) in [6.07, 6.45) is 0. The van der Waals surface area contributed by atoms with Crippen LogP contribution in [0.3, 0.4) is 0 Å². The van der Waals surface area contributed by atoms with E-state index in [1.54, 1.807) is 0 Å². The fourth-order valence-electron chi connectivity index (χ4n) is 6.47. The van der Waals surface area contributed by atoms with Gasteiger partial charge in [0, 0.05) is 38.0 Å². The molecule has 0 atom stereocenters. The van der Waals surface area contributed by atoms with Gasteiger partial charge >= 0.3 is 0 Å². The number of furan rings is 1. The van der Waals surface area contributed by atoms with E-state index in [0.29, 0.717) is 0 Å². The molecule has 0 amide bonds. The second kappa shape index (κ2) is 9.14. The van der Waals surface area contributed by atoms with Crippen molar-refractivity contribution in [2.75, 3.05) is 0 Å². The Morgan fingerprint density at radius 1 is 0.415 bits per heavy atom. The van der Waals surface area contributed by atoms with Gasteiger partial charge in [0.25, 0.3) is 0 Å². The van der Waals surface area contributed by atoms with Gasteiger partial charge in [0.2, 0.25) is 0 Å². The smallest absolute Gasteiger partial charge is 0.159 e. The molecule has 3 nitrogen and oxygen atoms in total. The molecule has 0 spiro atoms. The van der Waals surface area contributed by atoms with E-state index in [1.807, 2.05) is 19.9 Å². The lowest BCUT2D eigenvalue weighted by Crippen LogP contribution is -1.99. The maximum Gasteiger partial charge on any atom is 0.159 e. The molecule has 3 heteroatoms. The highest BCUT2D eigenvalue weighted by molar-refractivity contribution is 6.14. The fraction of sp³-hybridized carbons (Fsp3) is 0.0526. The summed E-state index contributed by atoms with van der Waals surface area (Å²) >= 11 is 0. The maximum atomic E-state index is 6.62. The minimum atomic E-state index is 0.896. The topological polar surface area (TPSA) is 23.0 Å². The third-order valence-corrected chi connectivity index (χ3v) is 8.10. The number of rotatable bonds is 2. The summed E-state index contributed by atoms with van der Waals surface area (Å²) in [5.41, 5.74) is 8.67. The van der Waals surface area contributed by atoms with Crippen molar-refractivity contribution in [1.82, 2.24) is 9.13 Å². The van der Waals surface area contributed by atoms with Crippen LogP contribution in [0.25, 0.3) is 76.9 Å². The van der Waals surface area contributed by atoms with Gasteiger partial charge in [0.05, 0.1) is 27.8 Å². The van der Waals surface area contributed by atoms with Crippen LogP contribution in [0.1, 0.15) is 13.8 Å². The molecule has 0 bridgehead atoms. The van der Waals surface area contributed by atoms with Gasteiger partial charge in [0.15, 0.2) is 5.58 Å². The minimum Gasteiger partial charge on any atom is -0.454 e. The van der Waals surface area contributed by atoms with E-state index >= 15 is 0 Å². The second-order valence-corrected chi connectivity index (χ2v) is 10.2. The zero-order valence-corrected chi connectivity index (χ0v) is 23.0. The van der Waals surface area contributed by atoms with Crippen molar-refractivity contribution in [3.63, 3.8) is 0 Å². The minimum absolute atomic E-state index is 0.896. The van der Waals surface area contributed by atoms with Crippen molar-refractivity contribution in [2.24, 2.45) is 0 Å². The van der Waals surface area contributed by atoms with Crippen molar-refractivity contribution < 1.29 is 4.42 Å². The molecule has 0 aliphatic heterocycles. The molecular formula is C38H28N2O. The van der Waals surface area contributed by atoms with Crippen LogP contribution in [0.15, 0.2) is 138 Å². The highest BCUT2D eigenvalue weighted by atomic mass is 16.3. The molecule has 196 valence electrons. The van der Waals surface area contributed by atoms with Crippen LogP contribution >= 0.6 is 0 Å². The van der Waals surface area contributed by atoms with Gasteiger partial charge in [-0.25, -0.2) is 0 Å². The van der Waals surface area contributed by atoms with E-state index in [2.05, 4.69) is 137 Å². The monoisotopic (exact) mass is 528 g/mol. The fourth-order valence-corrected chi connectivity index (χ4v) is 6.47. The number of nitrogens with zero attached hydrogens (tertiary/aromatic N) is 2. The van der Waals surface area contributed by atoms with E-state index in [0.717, 1.165) is 33.3 Å². The standard InChI is InChI=1S/C36H22N2O.C2H6/c1-6-16-30-24(11-1)25-12-2-7-17-31(25)37(30)23-21-29-28-15-5-10-20-35(28)39-36(29)34(22-23)38-32-18-8-3-13-26(32)27-14-4-9-19-33(27)38;1-2/h1-22H;1-2H3. The van der Waals surface area contributed by atoms with Gasteiger partial charge < -0.3 is 13.6 Å². The molecule has 0 fully saturated rings. The predicted molar refractivity (Wildman–Crippen MR) is 174 cm³/mol. The van der Waals surface area contributed by atoms with Crippen molar-refractivity contribution in [3.8, 4) is 11.4 Å². The van der Waals surface area contributed by atoms with Crippen LogP contribution in [-0.4, -0.2) is 9.13 Å². The maximum absolute atomic E-state index is 6.62. The molecule has 0 saturated carbocycles. The molecule has 3 aromatic heterocycles. The summed E-state index contributed by atoms with van der Waals surface area (Å²) in [6, 6.07) is 47.6. The van der Waals surface area contributed by atoms with Crippen LogP contribution in [0, 0.1) is 0 Å². The lowest BCUT2D eigenvalue weighted by atomic mass is 10.1. The summed E-state index contributed by atoms with van der Waals surface area (Å²) in [7, 11) is 0. The third kappa shape index (κ3) is 3.33. The summed E-state index contributed by atoms with van der Waals surface area (Å²) in [5.74, 6) is 0. The Morgan fingerprint density at radius 2 is 0.829 bits per heavy atom. The lowest BCUT2D eigenvalue weighted by Gasteiger charge is -2.14. The van der Waals surface area contributed by atoms with E-state index in [1.165, 1.54) is 43.6 Å². The first kappa shape index (κ1) is 23.6. The molecule has 0 radical (unpaired) electrons. The van der Waals surface area contributed by atoms with Crippen LogP contribution in [0.2, 0.25) is 0 Å². The number of aromatic nitrogens is 2. The van der Waals surface area contributed by atoms with Crippen molar-refractivity contribution >= 4 is 65.6 Å². The average molecular weight is 529 g/mol. The zero-order valence-electron chi connectivity index (χ0n) is 23.0. The number of hydrogen-bond donors (Lipinski definition) is 0. The predicted octanol–water partition coefficient (Wildman–Crippen LogP) is 10.8. The number of hydrogen-bond acceptors (Lipinski definition) is 1. The van der Waals surface area contributed by atoms with Gasteiger partial charge in [-0.1, -0.05) is 105 Å². The molecule has 0 N–H and O–H groups in total. The van der Waals surface area contributed by atoms with Crippen LogP contribution in [-0.2, 0) is 0 Å². The molecule has 0 unspecified atom stereocenters. The molecule has 0 aliphatic carbocycles. The molecule has 9 aromatic rings. The van der Waals surface area contributed by atoms with Gasteiger partial charge in [-0.15, -0.1) is 0 Å². The van der Waals surface area contributed by atoms with Crippen LogP contribution in [0.4, 0.5) is 0 Å². The molecule has 9 rings (SSSR count). The third-order valence-electron chi connectivity index (χ3n) is 8.10. The van der Waals surface area contributed by atoms with Gasteiger partial charge in [-0.3, -0.25) is 0 Å². The van der Waals surface area contributed by atoms with E-state index in [-0.39, 0.29) is 0 Å². The van der Waals surface area contributed by atoms with E-state index in [9.17, 15) is 0 Å². The summed E-state index contributed by atoms with van der Waals surface area (Å²) < 4.78 is 11.4. The number of benzene rings is 6. The molecule has 3 heterocycles. The van der Waals surface area contributed by atoms with Crippen molar-refractivity contribution in [3.05, 3.63) is 133 Å². The first-order valence-corrected chi connectivity index (χ1v) is 14.3.